The number of alkyl halides is 3. The highest BCUT2D eigenvalue weighted by molar-refractivity contribution is 9.10. The number of halogens is 5. The molecule has 0 aromatic heterocycles. The summed E-state index contributed by atoms with van der Waals surface area (Å²) in [5.74, 6) is 4.85. The molecule has 0 saturated carbocycles. The van der Waals surface area contributed by atoms with Crippen LogP contribution in [-0.2, 0) is 6.18 Å². The summed E-state index contributed by atoms with van der Waals surface area (Å²) in [6.45, 7) is 0. The highest BCUT2D eigenvalue weighted by Crippen LogP contribution is 2.37. The Morgan fingerprint density at radius 2 is 1.76 bits per heavy atom. The van der Waals surface area contributed by atoms with Crippen molar-refractivity contribution >= 4 is 15.9 Å². The van der Waals surface area contributed by atoms with Gasteiger partial charge in [-0.05, 0) is 23.8 Å². The van der Waals surface area contributed by atoms with Crippen molar-refractivity contribution in [2.45, 2.75) is 12.2 Å². The van der Waals surface area contributed by atoms with E-state index in [0.717, 1.165) is 6.07 Å². The minimum Gasteiger partial charge on any atom is -0.271 e. The van der Waals surface area contributed by atoms with E-state index in [4.69, 9.17) is 5.84 Å². The molecule has 7 heteroatoms. The van der Waals surface area contributed by atoms with Crippen LogP contribution in [0.15, 0.2) is 46.9 Å². The molecule has 2 aromatic carbocycles. The molecule has 2 nitrogen and oxygen atoms in total. The van der Waals surface area contributed by atoms with Crippen LogP contribution < -0.4 is 11.3 Å². The summed E-state index contributed by atoms with van der Waals surface area (Å²) in [4.78, 5) is 0. The Bertz CT molecular complexity index is 643. The molecular formula is C14H11BrF4N2. The van der Waals surface area contributed by atoms with E-state index in [1.165, 1.54) is 30.3 Å². The first-order valence-electron chi connectivity index (χ1n) is 5.91. The van der Waals surface area contributed by atoms with Crippen LogP contribution >= 0.6 is 15.9 Å². The average Bonchev–Trinajstić information content (AvgIpc) is 2.42. The Labute approximate surface area is 127 Å². The summed E-state index contributed by atoms with van der Waals surface area (Å²) in [6.07, 6.45) is -4.51. The van der Waals surface area contributed by atoms with Gasteiger partial charge in [-0.15, -0.1) is 0 Å². The van der Waals surface area contributed by atoms with Gasteiger partial charge in [-0.2, -0.15) is 13.2 Å². The predicted octanol–water partition coefficient (Wildman–Crippen LogP) is 4.16. The molecule has 0 aliphatic rings. The predicted molar refractivity (Wildman–Crippen MR) is 74.7 cm³/mol. The van der Waals surface area contributed by atoms with Crippen molar-refractivity contribution in [3.8, 4) is 0 Å². The monoisotopic (exact) mass is 362 g/mol. The van der Waals surface area contributed by atoms with Crippen molar-refractivity contribution in [2.24, 2.45) is 5.84 Å². The topological polar surface area (TPSA) is 38.0 Å². The second kappa shape index (κ2) is 6.13. The summed E-state index contributed by atoms with van der Waals surface area (Å²) in [5.41, 5.74) is 1.91. The van der Waals surface area contributed by atoms with Crippen LogP contribution in [0, 0.1) is 5.82 Å². The highest BCUT2D eigenvalue weighted by atomic mass is 79.9. The molecule has 2 aromatic rings. The maximum absolute atomic E-state index is 13.8. The Kier molecular flexibility index (Phi) is 4.65. The number of rotatable bonds is 3. The molecule has 0 heterocycles. The number of hydrogen-bond acceptors (Lipinski definition) is 2. The molecule has 3 N–H and O–H groups in total. The third-order valence-electron chi connectivity index (χ3n) is 3.01. The highest BCUT2D eigenvalue weighted by Gasteiger charge is 2.33. The lowest BCUT2D eigenvalue weighted by Gasteiger charge is -2.19. The quantitative estimate of drug-likeness (QED) is 0.488. The molecule has 0 fully saturated rings. The van der Waals surface area contributed by atoms with Gasteiger partial charge in [0.15, 0.2) is 0 Å². The molecule has 1 unspecified atom stereocenters. The lowest BCUT2D eigenvalue weighted by Crippen LogP contribution is -2.29. The largest absolute Gasteiger partial charge is 0.417 e. The summed E-state index contributed by atoms with van der Waals surface area (Å²) >= 11 is 2.86. The number of nitrogens with one attached hydrogen (secondary N) is 1. The molecular weight excluding hydrogens is 352 g/mol. The fourth-order valence-corrected chi connectivity index (χ4v) is 2.49. The number of hydrogen-bond donors (Lipinski definition) is 2. The molecule has 0 aliphatic heterocycles. The van der Waals surface area contributed by atoms with Crippen molar-refractivity contribution in [2.75, 3.05) is 0 Å². The number of benzene rings is 2. The summed E-state index contributed by atoms with van der Waals surface area (Å²) in [5, 5.41) is 0. The number of hydrazine groups is 1. The smallest absolute Gasteiger partial charge is 0.271 e. The van der Waals surface area contributed by atoms with E-state index >= 15 is 0 Å². The van der Waals surface area contributed by atoms with Gasteiger partial charge in [-0.3, -0.25) is 5.84 Å². The maximum atomic E-state index is 13.8. The van der Waals surface area contributed by atoms with E-state index < -0.39 is 23.6 Å². The molecule has 112 valence electrons. The van der Waals surface area contributed by atoms with E-state index in [9.17, 15) is 17.6 Å². The normalized spacial score (nSPS) is 13.2. The van der Waals surface area contributed by atoms with Gasteiger partial charge in [-0.1, -0.05) is 40.2 Å². The van der Waals surface area contributed by atoms with Crippen LogP contribution in [0.3, 0.4) is 0 Å². The summed E-state index contributed by atoms with van der Waals surface area (Å²) < 4.78 is 52.5. The van der Waals surface area contributed by atoms with Crippen LogP contribution in [-0.4, -0.2) is 0 Å². The zero-order chi connectivity index (χ0) is 15.6. The first-order chi connectivity index (χ1) is 9.84. The molecule has 1 atom stereocenters. The van der Waals surface area contributed by atoms with Crippen LogP contribution in [0.1, 0.15) is 22.7 Å². The van der Waals surface area contributed by atoms with Crippen LogP contribution in [0.4, 0.5) is 17.6 Å². The molecule has 0 bridgehead atoms. The Morgan fingerprint density at radius 3 is 2.33 bits per heavy atom. The van der Waals surface area contributed by atoms with Crippen molar-refractivity contribution in [3.63, 3.8) is 0 Å². The van der Waals surface area contributed by atoms with Gasteiger partial charge < -0.3 is 0 Å². The van der Waals surface area contributed by atoms with Gasteiger partial charge in [0.2, 0.25) is 0 Å². The summed E-state index contributed by atoms with van der Waals surface area (Å²) in [7, 11) is 0. The molecule has 0 aliphatic carbocycles. The van der Waals surface area contributed by atoms with Gasteiger partial charge in [-0.25, -0.2) is 9.82 Å². The summed E-state index contributed by atoms with van der Waals surface area (Å²) in [6, 6.07) is 8.57. The lowest BCUT2D eigenvalue weighted by atomic mass is 9.97. The Hall–Kier alpha value is -1.44. The SMILES string of the molecule is NNC(c1ccc(Br)c(C(F)(F)F)c1)c1ccccc1F. The fraction of sp³-hybridized carbons (Fsp3) is 0.143. The number of nitrogens with two attached hydrogens (primary N) is 1. The lowest BCUT2D eigenvalue weighted by molar-refractivity contribution is -0.138. The van der Waals surface area contributed by atoms with Crippen molar-refractivity contribution in [1.29, 1.82) is 0 Å². The molecule has 0 amide bonds. The molecule has 21 heavy (non-hydrogen) atoms. The van der Waals surface area contributed by atoms with Crippen LogP contribution in [0.2, 0.25) is 0 Å². The van der Waals surface area contributed by atoms with Crippen molar-refractivity contribution in [1.82, 2.24) is 5.43 Å². The Balaban J connectivity index is 2.52. The maximum Gasteiger partial charge on any atom is 0.417 e. The van der Waals surface area contributed by atoms with Crippen LogP contribution in [0.5, 0.6) is 0 Å². The minimum absolute atomic E-state index is 0.0805. The van der Waals surface area contributed by atoms with E-state index in [1.807, 2.05) is 0 Å². The van der Waals surface area contributed by atoms with Gasteiger partial charge in [0.25, 0.3) is 0 Å². The van der Waals surface area contributed by atoms with Crippen molar-refractivity contribution in [3.05, 3.63) is 69.4 Å². The fourth-order valence-electron chi connectivity index (χ4n) is 2.01. The van der Waals surface area contributed by atoms with E-state index in [1.54, 1.807) is 6.07 Å². The third kappa shape index (κ3) is 3.42. The van der Waals surface area contributed by atoms with E-state index in [0.29, 0.717) is 0 Å². The second-order valence-electron chi connectivity index (χ2n) is 4.36. The molecule has 0 radical (unpaired) electrons. The molecule has 0 saturated heterocycles. The second-order valence-corrected chi connectivity index (χ2v) is 5.21. The third-order valence-corrected chi connectivity index (χ3v) is 3.70. The standard InChI is InChI=1S/C14H11BrF4N2/c15-11-6-5-8(7-10(11)14(17,18)19)13(21-20)9-3-1-2-4-12(9)16/h1-7,13,21H,20H2. The van der Waals surface area contributed by atoms with Gasteiger partial charge in [0.1, 0.15) is 5.82 Å². The van der Waals surface area contributed by atoms with E-state index in [2.05, 4.69) is 21.4 Å². The first kappa shape index (κ1) is 15.9. The minimum atomic E-state index is -4.51. The molecule has 0 spiro atoms. The first-order valence-corrected chi connectivity index (χ1v) is 6.71. The zero-order valence-electron chi connectivity index (χ0n) is 10.6. The van der Waals surface area contributed by atoms with Gasteiger partial charge in [0, 0.05) is 10.0 Å². The van der Waals surface area contributed by atoms with Gasteiger partial charge in [0.05, 0.1) is 11.6 Å². The van der Waals surface area contributed by atoms with Gasteiger partial charge >= 0.3 is 6.18 Å². The zero-order valence-corrected chi connectivity index (χ0v) is 12.2. The van der Waals surface area contributed by atoms with Crippen molar-refractivity contribution < 1.29 is 17.6 Å². The molecule has 2 rings (SSSR count). The average molecular weight is 363 g/mol. The van der Waals surface area contributed by atoms with Crippen LogP contribution in [0.25, 0.3) is 0 Å². The Morgan fingerprint density at radius 1 is 1.10 bits per heavy atom. The van der Waals surface area contributed by atoms with E-state index in [-0.39, 0.29) is 15.6 Å².